The van der Waals surface area contributed by atoms with E-state index in [9.17, 15) is 4.79 Å². The molecule has 5 heteroatoms. The van der Waals surface area contributed by atoms with Crippen LogP contribution in [0.25, 0.3) is 0 Å². The largest absolute Gasteiger partial charge is 0.493 e. The number of benzene rings is 2. The van der Waals surface area contributed by atoms with Gasteiger partial charge in [0.25, 0.3) is 0 Å². The van der Waals surface area contributed by atoms with Crippen LogP contribution in [0.2, 0.25) is 0 Å². The van der Waals surface area contributed by atoms with Crippen molar-refractivity contribution in [1.82, 2.24) is 0 Å². The molecule has 0 heterocycles. The summed E-state index contributed by atoms with van der Waals surface area (Å²) in [6.07, 6.45) is 4.44. The van der Waals surface area contributed by atoms with E-state index >= 15 is 0 Å². The number of hydrogen-bond acceptors (Lipinski definition) is 5. The van der Waals surface area contributed by atoms with E-state index in [0.717, 1.165) is 37.7 Å². The van der Waals surface area contributed by atoms with Gasteiger partial charge in [0.1, 0.15) is 6.10 Å². The summed E-state index contributed by atoms with van der Waals surface area (Å²) >= 11 is 0. The second-order valence-corrected chi connectivity index (χ2v) is 6.94. The lowest BCUT2D eigenvalue weighted by atomic mass is 9.94. The topological polar surface area (TPSA) is 54.0 Å². The van der Waals surface area contributed by atoms with Gasteiger partial charge in [0.2, 0.25) is 0 Å². The molecular formula is C23H28O5. The van der Waals surface area contributed by atoms with Gasteiger partial charge < -0.3 is 18.9 Å². The van der Waals surface area contributed by atoms with Gasteiger partial charge in [-0.1, -0.05) is 30.7 Å². The number of rotatable bonds is 8. The molecule has 0 amide bonds. The molecule has 2 aromatic carbocycles. The van der Waals surface area contributed by atoms with E-state index in [1.807, 2.05) is 36.4 Å². The molecule has 0 aliphatic heterocycles. The molecule has 2 aromatic rings. The molecule has 3 rings (SSSR count). The average Bonchev–Trinajstić information content (AvgIpc) is 2.75. The predicted octanol–water partition coefficient (Wildman–Crippen LogP) is 4.43. The second-order valence-electron chi connectivity index (χ2n) is 6.94. The first-order valence-electron chi connectivity index (χ1n) is 9.80. The highest BCUT2D eigenvalue weighted by Gasteiger charge is 2.29. The van der Waals surface area contributed by atoms with Gasteiger partial charge in [0, 0.05) is 0 Å². The number of ether oxygens (including phenoxy) is 4. The molecule has 0 saturated heterocycles. The van der Waals surface area contributed by atoms with Gasteiger partial charge in [-0.25, -0.2) is 4.79 Å². The van der Waals surface area contributed by atoms with Crippen molar-refractivity contribution in [1.29, 1.82) is 0 Å². The van der Waals surface area contributed by atoms with Gasteiger partial charge in [-0.15, -0.1) is 0 Å². The van der Waals surface area contributed by atoms with Crippen molar-refractivity contribution >= 4 is 5.97 Å². The SMILES string of the molecule is COc1ccc(CCOC2CCCCC2OC(=O)c2ccccc2)cc1OC. The lowest BCUT2D eigenvalue weighted by Crippen LogP contribution is -2.36. The van der Waals surface area contributed by atoms with Crippen LogP contribution < -0.4 is 9.47 Å². The first kappa shape index (κ1) is 20.2. The van der Waals surface area contributed by atoms with Crippen LogP contribution in [0, 0.1) is 0 Å². The Hall–Kier alpha value is -2.53. The van der Waals surface area contributed by atoms with Crippen molar-refractivity contribution in [2.75, 3.05) is 20.8 Å². The summed E-state index contributed by atoms with van der Waals surface area (Å²) < 4.78 is 22.5. The zero-order valence-corrected chi connectivity index (χ0v) is 16.6. The van der Waals surface area contributed by atoms with Crippen LogP contribution in [0.15, 0.2) is 48.5 Å². The van der Waals surface area contributed by atoms with E-state index in [1.54, 1.807) is 26.4 Å². The Morgan fingerprint density at radius 2 is 1.64 bits per heavy atom. The van der Waals surface area contributed by atoms with Crippen molar-refractivity contribution in [3.05, 3.63) is 59.7 Å². The third-order valence-corrected chi connectivity index (χ3v) is 5.08. The van der Waals surface area contributed by atoms with E-state index in [2.05, 4.69) is 0 Å². The summed E-state index contributed by atoms with van der Waals surface area (Å²) in [5.41, 5.74) is 1.70. The number of methoxy groups -OCH3 is 2. The third-order valence-electron chi connectivity index (χ3n) is 5.08. The Morgan fingerprint density at radius 1 is 0.929 bits per heavy atom. The highest BCUT2D eigenvalue weighted by Crippen LogP contribution is 2.28. The molecule has 0 radical (unpaired) electrons. The molecular weight excluding hydrogens is 356 g/mol. The monoisotopic (exact) mass is 384 g/mol. The van der Waals surface area contributed by atoms with Crippen LogP contribution in [0.4, 0.5) is 0 Å². The van der Waals surface area contributed by atoms with Crippen molar-refractivity contribution in [2.45, 2.75) is 44.3 Å². The molecule has 0 bridgehead atoms. The summed E-state index contributed by atoms with van der Waals surface area (Å²) in [4.78, 5) is 12.4. The molecule has 28 heavy (non-hydrogen) atoms. The Bertz CT molecular complexity index is 759. The fraction of sp³-hybridized carbons (Fsp3) is 0.435. The minimum atomic E-state index is -0.277. The van der Waals surface area contributed by atoms with Crippen molar-refractivity contribution in [3.8, 4) is 11.5 Å². The van der Waals surface area contributed by atoms with Crippen molar-refractivity contribution in [2.24, 2.45) is 0 Å². The normalized spacial score (nSPS) is 19.1. The lowest BCUT2D eigenvalue weighted by Gasteiger charge is -2.31. The summed E-state index contributed by atoms with van der Waals surface area (Å²) in [7, 11) is 3.26. The Morgan fingerprint density at radius 3 is 2.36 bits per heavy atom. The summed E-state index contributed by atoms with van der Waals surface area (Å²) in [5, 5.41) is 0. The fourth-order valence-corrected chi connectivity index (χ4v) is 3.53. The fourth-order valence-electron chi connectivity index (χ4n) is 3.53. The first-order chi connectivity index (χ1) is 13.7. The molecule has 0 aromatic heterocycles. The van der Waals surface area contributed by atoms with Crippen molar-refractivity contribution in [3.63, 3.8) is 0 Å². The molecule has 0 spiro atoms. The van der Waals surface area contributed by atoms with Gasteiger partial charge in [-0.05, 0) is 55.5 Å². The molecule has 150 valence electrons. The number of esters is 1. The maximum absolute atomic E-state index is 12.4. The molecule has 2 unspecified atom stereocenters. The van der Waals surface area contributed by atoms with Crippen LogP contribution in [0.5, 0.6) is 11.5 Å². The zero-order valence-electron chi connectivity index (χ0n) is 16.6. The number of carbonyl (C=O) groups is 1. The van der Waals surface area contributed by atoms with Crippen LogP contribution in [-0.4, -0.2) is 39.0 Å². The first-order valence-corrected chi connectivity index (χ1v) is 9.80. The van der Waals surface area contributed by atoms with Crippen LogP contribution in [0.1, 0.15) is 41.6 Å². The maximum atomic E-state index is 12.4. The van der Waals surface area contributed by atoms with Crippen LogP contribution in [0.3, 0.4) is 0 Å². The van der Waals surface area contributed by atoms with Gasteiger partial charge in [-0.2, -0.15) is 0 Å². The van der Waals surface area contributed by atoms with E-state index in [-0.39, 0.29) is 18.2 Å². The molecule has 5 nitrogen and oxygen atoms in total. The van der Waals surface area contributed by atoms with E-state index in [1.165, 1.54) is 0 Å². The van der Waals surface area contributed by atoms with E-state index in [4.69, 9.17) is 18.9 Å². The highest BCUT2D eigenvalue weighted by molar-refractivity contribution is 5.89. The molecule has 0 N–H and O–H groups in total. The van der Waals surface area contributed by atoms with Crippen LogP contribution >= 0.6 is 0 Å². The van der Waals surface area contributed by atoms with Gasteiger partial charge in [0.05, 0.1) is 32.5 Å². The third kappa shape index (κ3) is 5.26. The highest BCUT2D eigenvalue weighted by atomic mass is 16.6. The zero-order chi connectivity index (χ0) is 19.8. The molecule has 1 fully saturated rings. The van der Waals surface area contributed by atoms with Crippen LogP contribution in [-0.2, 0) is 15.9 Å². The Kier molecular flexibility index (Phi) is 7.31. The number of hydrogen-bond donors (Lipinski definition) is 0. The minimum Gasteiger partial charge on any atom is -0.493 e. The van der Waals surface area contributed by atoms with Gasteiger partial charge in [-0.3, -0.25) is 0 Å². The van der Waals surface area contributed by atoms with Gasteiger partial charge in [0.15, 0.2) is 11.5 Å². The maximum Gasteiger partial charge on any atom is 0.338 e. The smallest absolute Gasteiger partial charge is 0.338 e. The molecule has 1 aliphatic carbocycles. The minimum absolute atomic E-state index is 0.0541. The standard InChI is InChI=1S/C23H28O5/c1-25-19-13-12-17(16-22(19)26-2)14-15-27-20-10-6-7-11-21(20)28-23(24)18-8-4-3-5-9-18/h3-5,8-9,12-13,16,20-21H,6-7,10-11,14-15H2,1-2H3. The summed E-state index contributed by atoms with van der Waals surface area (Å²) in [5.74, 6) is 1.15. The van der Waals surface area contributed by atoms with E-state index < -0.39 is 0 Å². The molecule has 2 atom stereocenters. The van der Waals surface area contributed by atoms with Gasteiger partial charge >= 0.3 is 5.97 Å². The predicted molar refractivity (Wildman–Crippen MR) is 107 cm³/mol. The molecule has 1 aliphatic rings. The Labute approximate surface area is 166 Å². The molecule has 1 saturated carbocycles. The summed E-state index contributed by atoms with van der Waals surface area (Å²) in [6, 6.07) is 15.0. The Balaban J connectivity index is 1.54. The van der Waals surface area contributed by atoms with Crippen molar-refractivity contribution < 1.29 is 23.7 Å². The number of carbonyl (C=O) groups excluding carboxylic acids is 1. The van der Waals surface area contributed by atoms with E-state index in [0.29, 0.717) is 23.7 Å². The summed E-state index contributed by atoms with van der Waals surface area (Å²) in [6.45, 7) is 0.569. The second kappa shape index (κ2) is 10.1. The quantitative estimate of drug-likeness (QED) is 0.630. The lowest BCUT2D eigenvalue weighted by molar-refractivity contribution is -0.0701. The average molecular weight is 384 g/mol.